The van der Waals surface area contributed by atoms with Crippen molar-refractivity contribution in [3.05, 3.63) is 29.8 Å². The quantitative estimate of drug-likeness (QED) is 0.561. The van der Waals surface area contributed by atoms with Crippen LogP contribution < -0.4 is 0 Å². The molecule has 0 heterocycles. The molecule has 10 heteroatoms. The van der Waals surface area contributed by atoms with E-state index in [1.54, 1.807) is 6.92 Å². The summed E-state index contributed by atoms with van der Waals surface area (Å²) in [5.74, 6) is -2.71. The third-order valence-corrected chi connectivity index (χ3v) is 4.28. The SMILES string of the molecule is Cc1ccc(S(=O)(=O)OCCC(CC(F)(F)F)C(F)(F)F)cc1. The van der Waals surface area contributed by atoms with Crippen molar-refractivity contribution in [3.8, 4) is 0 Å². The van der Waals surface area contributed by atoms with E-state index < -0.39 is 47.8 Å². The molecule has 1 atom stereocenters. The zero-order chi connectivity index (χ0) is 17.9. The molecule has 0 aromatic heterocycles. The fourth-order valence-corrected chi connectivity index (χ4v) is 2.66. The van der Waals surface area contributed by atoms with Crippen molar-refractivity contribution in [1.29, 1.82) is 0 Å². The van der Waals surface area contributed by atoms with E-state index in [4.69, 9.17) is 0 Å². The van der Waals surface area contributed by atoms with Gasteiger partial charge in [0.05, 0.1) is 23.8 Å². The molecule has 0 aliphatic rings. The first kappa shape index (κ1) is 19.8. The van der Waals surface area contributed by atoms with Gasteiger partial charge in [-0.3, -0.25) is 4.18 Å². The zero-order valence-electron chi connectivity index (χ0n) is 11.9. The maximum Gasteiger partial charge on any atom is 0.392 e. The Morgan fingerprint density at radius 3 is 2.00 bits per heavy atom. The highest BCUT2D eigenvalue weighted by Crippen LogP contribution is 2.37. The van der Waals surface area contributed by atoms with E-state index in [0.29, 0.717) is 0 Å². The second-order valence-electron chi connectivity index (χ2n) is 4.94. The minimum Gasteiger partial charge on any atom is -0.266 e. The molecule has 1 unspecified atom stereocenters. The van der Waals surface area contributed by atoms with Gasteiger partial charge in [0.1, 0.15) is 0 Å². The van der Waals surface area contributed by atoms with Crippen LogP contribution in [-0.4, -0.2) is 27.4 Å². The Bertz CT molecular complexity index is 604. The van der Waals surface area contributed by atoms with Gasteiger partial charge in [-0.05, 0) is 25.5 Å². The van der Waals surface area contributed by atoms with Crippen LogP contribution in [0, 0.1) is 12.8 Å². The summed E-state index contributed by atoms with van der Waals surface area (Å²) < 4.78 is 102. The van der Waals surface area contributed by atoms with Crippen LogP contribution in [0.5, 0.6) is 0 Å². The maximum absolute atomic E-state index is 12.5. The number of halogens is 6. The van der Waals surface area contributed by atoms with Crippen molar-refractivity contribution in [3.63, 3.8) is 0 Å². The second kappa shape index (κ2) is 7.08. The van der Waals surface area contributed by atoms with Gasteiger partial charge in [0, 0.05) is 0 Å². The number of hydrogen-bond acceptors (Lipinski definition) is 3. The number of alkyl halides is 6. The van der Waals surface area contributed by atoms with E-state index in [1.807, 2.05) is 0 Å². The third kappa shape index (κ3) is 6.78. The first-order chi connectivity index (χ1) is 10.3. The molecular weight excluding hydrogens is 350 g/mol. The summed E-state index contributed by atoms with van der Waals surface area (Å²) in [5, 5.41) is 0. The molecule has 1 aromatic rings. The molecule has 132 valence electrons. The summed E-state index contributed by atoms with van der Waals surface area (Å²) in [7, 11) is -4.31. The van der Waals surface area contributed by atoms with Gasteiger partial charge in [0.15, 0.2) is 0 Å². The lowest BCUT2D eigenvalue weighted by atomic mass is 10.0. The Kier molecular flexibility index (Phi) is 6.08. The van der Waals surface area contributed by atoms with Crippen LogP contribution in [0.3, 0.4) is 0 Å². The fraction of sp³-hybridized carbons (Fsp3) is 0.538. The summed E-state index contributed by atoms with van der Waals surface area (Å²) in [4.78, 5) is -0.275. The van der Waals surface area contributed by atoms with Crippen molar-refractivity contribution in [2.75, 3.05) is 6.61 Å². The topological polar surface area (TPSA) is 43.4 Å². The summed E-state index contributed by atoms with van der Waals surface area (Å²) in [6.45, 7) is 0.707. The fourth-order valence-electron chi connectivity index (χ4n) is 1.73. The van der Waals surface area contributed by atoms with Gasteiger partial charge >= 0.3 is 12.4 Å². The van der Waals surface area contributed by atoms with E-state index in [0.717, 1.165) is 5.56 Å². The first-order valence-corrected chi connectivity index (χ1v) is 7.82. The Balaban J connectivity index is 2.70. The van der Waals surface area contributed by atoms with Crippen LogP contribution >= 0.6 is 0 Å². The zero-order valence-corrected chi connectivity index (χ0v) is 12.7. The second-order valence-corrected chi connectivity index (χ2v) is 6.55. The molecule has 0 amide bonds. The van der Waals surface area contributed by atoms with Gasteiger partial charge in [-0.1, -0.05) is 17.7 Å². The molecule has 0 spiro atoms. The van der Waals surface area contributed by atoms with Gasteiger partial charge in [0.2, 0.25) is 0 Å². The van der Waals surface area contributed by atoms with Crippen molar-refractivity contribution in [1.82, 2.24) is 0 Å². The molecular formula is C13H14F6O3S. The van der Waals surface area contributed by atoms with Crippen molar-refractivity contribution in [2.24, 2.45) is 5.92 Å². The Hall–Kier alpha value is -1.29. The van der Waals surface area contributed by atoms with E-state index >= 15 is 0 Å². The lowest BCUT2D eigenvalue weighted by Crippen LogP contribution is -2.29. The molecule has 1 aromatic carbocycles. The van der Waals surface area contributed by atoms with E-state index in [1.165, 1.54) is 24.3 Å². The summed E-state index contributed by atoms with van der Waals surface area (Å²) in [6, 6.07) is 5.31. The van der Waals surface area contributed by atoms with Gasteiger partial charge < -0.3 is 0 Å². The van der Waals surface area contributed by atoms with Crippen LogP contribution in [0.4, 0.5) is 26.3 Å². The Morgan fingerprint density at radius 1 is 1.04 bits per heavy atom. The van der Waals surface area contributed by atoms with Crippen molar-refractivity contribution in [2.45, 2.75) is 37.0 Å². The van der Waals surface area contributed by atoms with Gasteiger partial charge in [-0.2, -0.15) is 34.8 Å². The molecule has 0 saturated carbocycles. The number of rotatable bonds is 6. The van der Waals surface area contributed by atoms with Crippen LogP contribution in [0.2, 0.25) is 0 Å². The molecule has 0 N–H and O–H groups in total. The Morgan fingerprint density at radius 2 is 1.57 bits per heavy atom. The normalized spacial score (nSPS) is 14.7. The molecule has 0 aliphatic heterocycles. The largest absolute Gasteiger partial charge is 0.392 e. The summed E-state index contributed by atoms with van der Waals surface area (Å²) in [5.41, 5.74) is 0.756. The average molecular weight is 364 g/mol. The van der Waals surface area contributed by atoms with Gasteiger partial charge in [-0.25, -0.2) is 0 Å². The van der Waals surface area contributed by atoms with Crippen molar-refractivity contribution >= 4 is 10.1 Å². The minimum atomic E-state index is -5.09. The predicted octanol–water partition coefficient (Wildman–Crippen LogP) is 4.22. The monoisotopic (exact) mass is 364 g/mol. The lowest BCUT2D eigenvalue weighted by molar-refractivity contribution is -0.221. The van der Waals surface area contributed by atoms with Gasteiger partial charge in [-0.15, -0.1) is 0 Å². The highest BCUT2D eigenvalue weighted by molar-refractivity contribution is 7.86. The van der Waals surface area contributed by atoms with Crippen LogP contribution in [0.25, 0.3) is 0 Å². The highest BCUT2D eigenvalue weighted by Gasteiger charge is 2.46. The summed E-state index contributed by atoms with van der Waals surface area (Å²) in [6.07, 6.45) is -13.3. The highest BCUT2D eigenvalue weighted by atomic mass is 32.2. The van der Waals surface area contributed by atoms with E-state index in [9.17, 15) is 34.8 Å². The number of hydrogen-bond donors (Lipinski definition) is 0. The number of benzene rings is 1. The van der Waals surface area contributed by atoms with Crippen molar-refractivity contribution < 1.29 is 38.9 Å². The standard InChI is InChI=1S/C13H14F6O3S/c1-9-2-4-11(5-3-9)23(20,21)22-7-6-10(13(17,18)19)8-12(14,15)16/h2-5,10H,6-8H2,1H3. The number of aryl methyl sites for hydroxylation is 1. The van der Waals surface area contributed by atoms with E-state index in [2.05, 4.69) is 4.18 Å². The minimum absolute atomic E-state index is 0.275. The molecule has 0 saturated heterocycles. The molecule has 3 nitrogen and oxygen atoms in total. The van der Waals surface area contributed by atoms with Gasteiger partial charge in [0.25, 0.3) is 10.1 Å². The molecule has 0 aliphatic carbocycles. The molecule has 0 radical (unpaired) electrons. The van der Waals surface area contributed by atoms with E-state index in [-0.39, 0.29) is 4.90 Å². The molecule has 23 heavy (non-hydrogen) atoms. The van der Waals surface area contributed by atoms with Crippen LogP contribution in [-0.2, 0) is 14.3 Å². The molecule has 0 fully saturated rings. The summed E-state index contributed by atoms with van der Waals surface area (Å²) >= 11 is 0. The average Bonchev–Trinajstić information content (AvgIpc) is 2.35. The smallest absolute Gasteiger partial charge is 0.266 e. The third-order valence-electron chi connectivity index (χ3n) is 2.96. The first-order valence-electron chi connectivity index (χ1n) is 6.41. The predicted molar refractivity (Wildman–Crippen MR) is 69.2 cm³/mol. The maximum atomic E-state index is 12.5. The van der Waals surface area contributed by atoms with Crippen LogP contribution in [0.15, 0.2) is 29.2 Å². The molecule has 1 rings (SSSR count). The lowest BCUT2D eigenvalue weighted by Gasteiger charge is -2.21. The Labute approximate surface area is 129 Å². The molecule has 0 bridgehead atoms. The van der Waals surface area contributed by atoms with Crippen LogP contribution in [0.1, 0.15) is 18.4 Å².